The second-order valence-electron chi connectivity index (χ2n) is 5.74. The summed E-state index contributed by atoms with van der Waals surface area (Å²) in [5.74, 6) is -0.592. The average Bonchev–Trinajstić information content (AvgIpc) is 2.65. The molecule has 2 rings (SSSR count). The molecular formula is C13H16BFNO4+. The second kappa shape index (κ2) is 4.41. The molecule has 106 valence electrons. The Hall–Kier alpha value is -1.70. The molecule has 1 aliphatic heterocycles. The predicted octanol–water partition coefficient (Wildman–Crippen LogP) is 1.98. The summed E-state index contributed by atoms with van der Waals surface area (Å²) in [6.07, 6.45) is -0.0875. The molecule has 0 aromatic heterocycles. The fourth-order valence-corrected chi connectivity index (χ4v) is 2.84. The van der Waals surface area contributed by atoms with Crippen molar-refractivity contribution < 1.29 is 24.3 Å². The van der Waals surface area contributed by atoms with E-state index in [0.717, 1.165) is 0 Å². The zero-order valence-electron chi connectivity index (χ0n) is 11.5. The molecule has 3 N–H and O–H groups in total. The van der Waals surface area contributed by atoms with Crippen LogP contribution in [0.25, 0.3) is 6.08 Å². The number of benzene rings is 1. The monoisotopic (exact) mass is 280 g/mol. The van der Waals surface area contributed by atoms with E-state index in [4.69, 9.17) is 0 Å². The lowest BCUT2D eigenvalue weighted by Crippen LogP contribution is -2.65. The number of carboxylic acid groups (broad SMARTS) is 1. The molecular weight excluding hydrogens is 264 g/mol. The van der Waals surface area contributed by atoms with Crippen molar-refractivity contribution in [2.45, 2.75) is 26.3 Å². The van der Waals surface area contributed by atoms with Crippen LogP contribution < -0.4 is 4.48 Å². The van der Waals surface area contributed by atoms with Crippen LogP contribution in [0, 0.1) is 5.82 Å². The number of carbonyl (C=O) groups is 1. The first-order chi connectivity index (χ1) is 9.14. The largest absolute Gasteiger partial charge is 0.549 e. The summed E-state index contributed by atoms with van der Waals surface area (Å²) in [5.41, 5.74) is -0.841. The number of hydrogen-bond donors (Lipinski definition) is 3. The van der Waals surface area contributed by atoms with Gasteiger partial charge in [0.2, 0.25) is 0 Å². The zero-order valence-corrected chi connectivity index (χ0v) is 11.5. The van der Waals surface area contributed by atoms with Crippen LogP contribution in [0.4, 0.5) is 14.9 Å². The Morgan fingerprint density at radius 2 is 1.90 bits per heavy atom. The van der Waals surface area contributed by atoms with Gasteiger partial charge in [0, 0.05) is 12.1 Å². The summed E-state index contributed by atoms with van der Waals surface area (Å²) in [4.78, 5) is 11.9. The number of rotatable bonds is 1. The van der Waals surface area contributed by atoms with E-state index in [1.165, 1.54) is 24.3 Å². The molecule has 0 radical (unpaired) electrons. The topological polar surface area (TPSA) is 77.8 Å². The van der Waals surface area contributed by atoms with Crippen molar-refractivity contribution in [3.05, 3.63) is 35.2 Å². The molecule has 0 bridgehead atoms. The van der Waals surface area contributed by atoms with Gasteiger partial charge in [0.05, 0.1) is 5.56 Å². The first-order valence-corrected chi connectivity index (χ1v) is 6.14. The van der Waals surface area contributed by atoms with Crippen molar-refractivity contribution in [1.29, 1.82) is 0 Å². The number of amides is 1. The van der Waals surface area contributed by atoms with Crippen LogP contribution in [0.3, 0.4) is 0 Å². The van der Waals surface area contributed by atoms with E-state index in [1.54, 1.807) is 20.8 Å². The van der Waals surface area contributed by atoms with E-state index < -0.39 is 29.1 Å². The summed E-state index contributed by atoms with van der Waals surface area (Å²) in [6.45, 7) is 4.95. The molecule has 1 amide bonds. The van der Waals surface area contributed by atoms with E-state index in [9.17, 15) is 24.3 Å². The number of hydrogen-bond acceptors (Lipinski definition) is 3. The van der Waals surface area contributed by atoms with Crippen LogP contribution >= 0.6 is 0 Å². The van der Waals surface area contributed by atoms with Gasteiger partial charge in [-0.15, -0.1) is 0 Å². The van der Waals surface area contributed by atoms with Gasteiger partial charge in [-0.25, -0.2) is 4.39 Å². The molecule has 1 aliphatic rings. The van der Waals surface area contributed by atoms with Gasteiger partial charge in [0.15, 0.2) is 11.3 Å². The van der Waals surface area contributed by atoms with Gasteiger partial charge in [-0.05, 0) is 26.8 Å². The first kappa shape index (κ1) is 14.7. The summed E-state index contributed by atoms with van der Waals surface area (Å²) >= 11 is 0. The van der Waals surface area contributed by atoms with Crippen molar-refractivity contribution in [1.82, 2.24) is 4.48 Å². The van der Waals surface area contributed by atoms with Gasteiger partial charge in [-0.1, -0.05) is 6.07 Å². The highest BCUT2D eigenvalue weighted by Gasteiger charge is 2.60. The Kier molecular flexibility index (Phi) is 3.24. The maximum Gasteiger partial charge on any atom is 0.549 e. The fourth-order valence-electron chi connectivity index (χ4n) is 2.84. The van der Waals surface area contributed by atoms with Crippen molar-refractivity contribution >= 4 is 25.0 Å². The molecule has 0 aliphatic carbocycles. The van der Waals surface area contributed by atoms with Gasteiger partial charge in [-0.3, -0.25) is 0 Å². The third-order valence-corrected chi connectivity index (χ3v) is 3.63. The summed E-state index contributed by atoms with van der Waals surface area (Å²) in [5, 5.41) is 28.8. The van der Waals surface area contributed by atoms with Crippen LogP contribution in [0.2, 0.25) is 0 Å². The molecule has 20 heavy (non-hydrogen) atoms. The summed E-state index contributed by atoms with van der Waals surface area (Å²) < 4.78 is 13.1. The standard InChI is InChI=1S/C13H15BFNO4/c1-13(2,3)16(12(17)18)10-6-4-5-9(15)8(10)7-11(16)14(19)20/h4-7,19-20H,1-3H3/p+1. The SMILES string of the molecule is CC(C)(C)[N+]1(C(=O)O)C(B(O)O)=Cc2c(F)cccc21. The lowest BCUT2D eigenvalue weighted by atomic mass is 9.81. The van der Waals surface area contributed by atoms with E-state index >= 15 is 0 Å². The van der Waals surface area contributed by atoms with Crippen molar-refractivity contribution in [3.8, 4) is 0 Å². The molecule has 0 fully saturated rings. The van der Waals surface area contributed by atoms with Crippen molar-refractivity contribution in [2.24, 2.45) is 0 Å². The molecule has 7 heteroatoms. The lowest BCUT2D eigenvalue weighted by Gasteiger charge is -2.41. The first-order valence-electron chi connectivity index (χ1n) is 6.14. The minimum Gasteiger partial charge on any atom is -0.435 e. The Labute approximate surface area is 116 Å². The van der Waals surface area contributed by atoms with Crippen molar-refractivity contribution in [2.75, 3.05) is 0 Å². The number of quaternary nitrogens is 1. The minimum absolute atomic E-state index is 0.0768. The van der Waals surface area contributed by atoms with E-state index in [2.05, 4.69) is 0 Å². The van der Waals surface area contributed by atoms with Gasteiger partial charge < -0.3 is 15.2 Å². The third kappa shape index (κ3) is 1.71. The van der Waals surface area contributed by atoms with Gasteiger partial charge >= 0.3 is 13.2 Å². The number of nitrogens with zero attached hydrogens (tertiary/aromatic N) is 1. The van der Waals surface area contributed by atoms with Gasteiger partial charge in [0.1, 0.15) is 11.4 Å². The third-order valence-electron chi connectivity index (χ3n) is 3.63. The molecule has 0 spiro atoms. The lowest BCUT2D eigenvalue weighted by molar-refractivity contribution is 0.126. The van der Waals surface area contributed by atoms with Gasteiger partial charge in [0.25, 0.3) is 0 Å². The van der Waals surface area contributed by atoms with Gasteiger partial charge in [-0.2, -0.15) is 9.28 Å². The van der Waals surface area contributed by atoms with Crippen LogP contribution in [-0.2, 0) is 0 Å². The maximum absolute atomic E-state index is 13.9. The Morgan fingerprint density at radius 1 is 1.30 bits per heavy atom. The van der Waals surface area contributed by atoms with Crippen molar-refractivity contribution in [3.63, 3.8) is 0 Å². The number of fused-ring (bicyclic) bond motifs is 1. The molecule has 1 unspecified atom stereocenters. The molecule has 1 atom stereocenters. The fraction of sp³-hybridized carbons (Fsp3) is 0.308. The quantitative estimate of drug-likeness (QED) is 0.543. The maximum atomic E-state index is 13.9. The smallest absolute Gasteiger partial charge is 0.435 e. The van der Waals surface area contributed by atoms with Crippen LogP contribution in [-0.4, -0.2) is 33.9 Å². The zero-order chi connectivity index (χ0) is 15.3. The molecule has 5 nitrogen and oxygen atoms in total. The molecule has 1 aromatic carbocycles. The highest BCUT2D eigenvalue weighted by molar-refractivity contribution is 6.53. The normalized spacial score (nSPS) is 21.4. The average molecular weight is 280 g/mol. The highest BCUT2D eigenvalue weighted by atomic mass is 19.1. The van der Waals surface area contributed by atoms with Crippen LogP contribution in [0.5, 0.6) is 0 Å². The summed E-state index contributed by atoms with van der Waals surface area (Å²) in [6, 6.07) is 4.11. The highest BCUT2D eigenvalue weighted by Crippen LogP contribution is 2.47. The van der Waals surface area contributed by atoms with E-state index in [0.29, 0.717) is 0 Å². The molecule has 1 aromatic rings. The predicted molar refractivity (Wildman–Crippen MR) is 74.1 cm³/mol. The molecule has 0 saturated carbocycles. The second-order valence-corrected chi connectivity index (χ2v) is 5.74. The number of halogens is 1. The molecule has 1 heterocycles. The van der Waals surface area contributed by atoms with E-state index in [1.807, 2.05) is 0 Å². The summed E-state index contributed by atoms with van der Waals surface area (Å²) in [7, 11) is -1.99. The van der Waals surface area contributed by atoms with Crippen LogP contribution in [0.1, 0.15) is 26.3 Å². The van der Waals surface area contributed by atoms with Crippen LogP contribution in [0.15, 0.2) is 23.8 Å². The Balaban J connectivity index is 2.89. The molecule has 0 saturated heterocycles. The Morgan fingerprint density at radius 3 is 2.35 bits per heavy atom. The Bertz CT molecular complexity index is 609. The minimum atomic E-state index is -1.99. The van der Waals surface area contributed by atoms with E-state index in [-0.39, 0.29) is 16.8 Å².